The number of anilines is 1. The van der Waals surface area contributed by atoms with Crippen LogP contribution in [0.25, 0.3) is 6.08 Å². The van der Waals surface area contributed by atoms with E-state index in [0.717, 1.165) is 22.4 Å². The molecule has 8 heteroatoms. The number of aryl methyl sites for hydroxylation is 2. The van der Waals surface area contributed by atoms with E-state index in [1.807, 2.05) is 39.0 Å². The molecule has 1 saturated heterocycles. The van der Waals surface area contributed by atoms with Crippen LogP contribution in [0.3, 0.4) is 0 Å². The molecule has 0 unspecified atom stereocenters. The summed E-state index contributed by atoms with van der Waals surface area (Å²) in [6.45, 7) is 6.17. The molecule has 1 N–H and O–H groups in total. The fourth-order valence-corrected chi connectivity index (χ4v) is 4.04. The number of thioether (sulfide) groups is 1. The van der Waals surface area contributed by atoms with Gasteiger partial charge in [-0.15, -0.1) is 0 Å². The maximum absolute atomic E-state index is 12.3. The summed E-state index contributed by atoms with van der Waals surface area (Å²) in [4.78, 5) is 26.5. The predicted molar refractivity (Wildman–Crippen MR) is 129 cm³/mol. The van der Waals surface area contributed by atoms with Crippen LogP contribution in [0, 0.1) is 13.8 Å². The third-order valence-corrected chi connectivity index (χ3v) is 6.19. The van der Waals surface area contributed by atoms with Crippen LogP contribution >= 0.6 is 24.0 Å². The molecule has 6 nitrogen and oxygen atoms in total. The minimum atomic E-state index is -0.263. The van der Waals surface area contributed by atoms with E-state index in [-0.39, 0.29) is 18.4 Å². The van der Waals surface area contributed by atoms with Crippen molar-refractivity contribution in [1.29, 1.82) is 0 Å². The number of carbonyl (C=O) groups is 2. The molecule has 0 saturated carbocycles. The van der Waals surface area contributed by atoms with E-state index in [1.54, 1.807) is 31.3 Å². The lowest BCUT2D eigenvalue weighted by atomic mass is 10.1. The molecule has 0 bridgehead atoms. The van der Waals surface area contributed by atoms with Crippen molar-refractivity contribution >= 4 is 51.9 Å². The number of hydrogen-bond acceptors (Lipinski definition) is 6. The lowest BCUT2D eigenvalue weighted by molar-refractivity contribution is -0.121. The smallest absolute Gasteiger partial charge is 0.265 e. The molecule has 0 aliphatic carbocycles. The quantitative estimate of drug-likeness (QED) is 0.487. The summed E-state index contributed by atoms with van der Waals surface area (Å²) in [5.74, 6) is 0.567. The lowest BCUT2D eigenvalue weighted by Crippen LogP contribution is -2.22. The molecule has 0 aromatic heterocycles. The zero-order valence-corrected chi connectivity index (χ0v) is 19.5. The van der Waals surface area contributed by atoms with Gasteiger partial charge in [0.25, 0.3) is 11.8 Å². The molecule has 2 aromatic carbocycles. The van der Waals surface area contributed by atoms with Crippen molar-refractivity contribution < 1.29 is 19.1 Å². The summed E-state index contributed by atoms with van der Waals surface area (Å²) < 4.78 is 11.9. The first-order valence-corrected chi connectivity index (χ1v) is 11.0. The van der Waals surface area contributed by atoms with Crippen LogP contribution in [0.4, 0.5) is 5.69 Å². The monoisotopic (exact) mass is 456 g/mol. The van der Waals surface area contributed by atoms with E-state index >= 15 is 0 Å². The minimum Gasteiger partial charge on any atom is -0.490 e. The average molecular weight is 457 g/mol. The molecule has 162 valence electrons. The zero-order chi connectivity index (χ0) is 22.5. The van der Waals surface area contributed by atoms with Crippen molar-refractivity contribution in [2.75, 3.05) is 25.6 Å². The van der Waals surface area contributed by atoms with Crippen molar-refractivity contribution in [3.63, 3.8) is 0 Å². The normalized spacial score (nSPS) is 14.8. The topological polar surface area (TPSA) is 67.9 Å². The standard InChI is InChI=1S/C23H24N2O4S2/c1-5-28-19-11-16(12-20-22(27)25(4)23(30)31-20)7-9-18(19)29-13-21(26)24-17-8-6-14(2)15(3)10-17/h6-12H,5,13H2,1-4H3,(H,24,26)/b20-12-. The molecule has 0 spiro atoms. The Kier molecular flexibility index (Phi) is 7.35. The maximum atomic E-state index is 12.3. The number of likely N-dealkylation sites (N-methyl/N-ethyl adjacent to an activating group) is 1. The van der Waals surface area contributed by atoms with E-state index in [2.05, 4.69) is 5.32 Å². The molecule has 1 aliphatic rings. The fraction of sp³-hybridized carbons (Fsp3) is 0.261. The van der Waals surface area contributed by atoms with Crippen LogP contribution in [0.1, 0.15) is 23.6 Å². The van der Waals surface area contributed by atoms with Crippen LogP contribution in [0.15, 0.2) is 41.3 Å². The summed E-state index contributed by atoms with van der Waals surface area (Å²) in [6, 6.07) is 11.1. The number of carbonyl (C=O) groups excluding carboxylic acids is 2. The van der Waals surface area contributed by atoms with Gasteiger partial charge < -0.3 is 14.8 Å². The van der Waals surface area contributed by atoms with E-state index in [0.29, 0.717) is 27.3 Å². The Morgan fingerprint density at radius 1 is 1.13 bits per heavy atom. The Hall–Kier alpha value is -2.84. The second-order valence-electron chi connectivity index (χ2n) is 7.02. The van der Waals surface area contributed by atoms with Crippen molar-refractivity contribution in [2.45, 2.75) is 20.8 Å². The van der Waals surface area contributed by atoms with Crippen LogP contribution in [0.2, 0.25) is 0 Å². The van der Waals surface area contributed by atoms with Gasteiger partial charge in [-0.3, -0.25) is 14.5 Å². The molecule has 0 atom stereocenters. The van der Waals surface area contributed by atoms with Gasteiger partial charge in [-0.1, -0.05) is 36.1 Å². The molecule has 1 heterocycles. The molecule has 0 radical (unpaired) electrons. The van der Waals surface area contributed by atoms with Gasteiger partial charge in [-0.2, -0.15) is 0 Å². The Labute approximate surface area is 191 Å². The molecule has 2 aromatic rings. The van der Waals surface area contributed by atoms with Gasteiger partial charge in [0, 0.05) is 12.7 Å². The highest BCUT2D eigenvalue weighted by Gasteiger charge is 2.28. The predicted octanol–water partition coefficient (Wildman–Crippen LogP) is 4.55. The van der Waals surface area contributed by atoms with E-state index < -0.39 is 0 Å². The Morgan fingerprint density at radius 2 is 1.90 bits per heavy atom. The molecule has 1 aliphatic heterocycles. The molecule has 1 fully saturated rings. The van der Waals surface area contributed by atoms with Gasteiger partial charge in [-0.25, -0.2) is 0 Å². The van der Waals surface area contributed by atoms with Crippen molar-refractivity contribution in [3.8, 4) is 11.5 Å². The summed E-state index contributed by atoms with van der Waals surface area (Å²) in [7, 11) is 1.66. The number of rotatable bonds is 7. The lowest BCUT2D eigenvalue weighted by Gasteiger charge is -2.13. The van der Waals surface area contributed by atoms with Gasteiger partial charge in [0.05, 0.1) is 11.5 Å². The molecule has 31 heavy (non-hydrogen) atoms. The van der Waals surface area contributed by atoms with Gasteiger partial charge in [0.1, 0.15) is 4.32 Å². The number of thiocarbonyl (C=S) groups is 1. The number of nitrogens with one attached hydrogen (secondary N) is 1. The van der Waals surface area contributed by atoms with Gasteiger partial charge in [0.2, 0.25) is 0 Å². The highest BCUT2D eigenvalue weighted by molar-refractivity contribution is 8.26. The van der Waals surface area contributed by atoms with Crippen molar-refractivity contribution in [3.05, 3.63) is 58.0 Å². The van der Waals surface area contributed by atoms with Crippen molar-refractivity contribution in [2.24, 2.45) is 0 Å². The summed E-state index contributed by atoms with van der Waals surface area (Å²) in [6.07, 6.45) is 1.77. The molecular formula is C23H24N2O4S2. The van der Waals surface area contributed by atoms with Crippen LogP contribution < -0.4 is 14.8 Å². The second kappa shape index (κ2) is 9.98. The third-order valence-electron chi connectivity index (χ3n) is 4.70. The number of nitrogens with zero attached hydrogens (tertiary/aromatic N) is 1. The second-order valence-corrected chi connectivity index (χ2v) is 8.69. The Balaban J connectivity index is 1.69. The molecular weight excluding hydrogens is 432 g/mol. The highest BCUT2D eigenvalue weighted by atomic mass is 32.2. The molecule has 2 amide bonds. The maximum Gasteiger partial charge on any atom is 0.265 e. The summed E-state index contributed by atoms with van der Waals surface area (Å²) in [5, 5.41) is 2.83. The number of amides is 2. The van der Waals surface area contributed by atoms with Crippen LogP contribution in [-0.2, 0) is 9.59 Å². The van der Waals surface area contributed by atoms with E-state index in [9.17, 15) is 9.59 Å². The summed E-state index contributed by atoms with van der Waals surface area (Å²) in [5.41, 5.74) is 3.78. The molecule has 3 rings (SSSR count). The fourth-order valence-electron chi connectivity index (χ4n) is 2.86. The number of benzene rings is 2. The first-order chi connectivity index (χ1) is 14.8. The Morgan fingerprint density at radius 3 is 2.55 bits per heavy atom. The van der Waals surface area contributed by atoms with E-state index in [4.69, 9.17) is 21.7 Å². The van der Waals surface area contributed by atoms with Gasteiger partial charge in [-0.05, 0) is 67.8 Å². The minimum absolute atomic E-state index is 0.128. The SMILES string of the molecule is CCOc1cc(/C=C2\SC(=S)N(C)C2=O)ccc1OCC(=O)Nc1ccc(C)c(C)c1. The van der Waals surface area contributed by atoms with Crippen LogP contribution in [-0.4, -0.2) is 41.3 Å². The van der Waals surface area contributed by atoms with Gasteiger partial charge in [0.15, 0.2) is 18.1 Å². The first-order valence-electron chi connectivity index (χ1n) is 9.76. The van der Waals surface area contributed by atoms with Gasteiger partial charge >= 0.3 is 0 Å². The third kappa shape index (κ3) is 5.65. The van der Waals surface area contributed by atoms with E-state index in [1.165, 1.54) is 16.7 Å². The summed E-state index contributed by atoms with van der Waals surface area (Å²) >= 11 is 6.42. The number of hydrogen-bond donors (Lipinski definition) is 1. The van der Waals surface area contributed by atoms with Crippen molar-refractivity contribution in [1.82, 2.24) is 4.90 Å². The van der Waals surface area contributed by atoms with Crippen LogP contribution in [0.5, 0.6) is 11.5 Å². The highest BCUT2D eigenvalue weighted by Crippen LogP contribution is 2.34. The zero-order valence-electron chi connectivity index (χ0n) is 17.9. The largest absolute Gasteiger partial charge is 0.490 e. The average Bonchev–Trinajstić information content (AvgIpc) is 2.97. The Bertz CT molecular complexity index is 1070. The number of ether oxygens (including phenoxy) is 2. The first kappa shape index (κ1) is 22.8.